The zero-order valence-electron chi connectivity index (χ0n) is 9.45. The molecule has 0 saturated heterocycles. The normalized spacial score (nSPS) is 30.9. The van der Waals surface area contributed by atoms with Crippen molar-refractivity contribution in [1.82, 2.24) is 0 Å². The zero-order chi connectivity index (χ0) is 10.6. The van der Waals surface area contributed by atoms with Crippen molar-refractivity contribution in [1.29, 1.82) is 0 Å². The molecule has 0 bridgehead atoms. The molecule has 0 aromatic carbocycles. The van der Waals surface area contributed by atoms with Gasteiger partial charge >= 0.3 is 0 Å². The molecule has 2 atom stereocenters. The fraction of sp³-hybridized carbons (Fsp3) is 1.00. The lowest BCUT2D eigenvalue weighted by Crippen LogP contribution is -2.29. The summed E-state index contributed by atoms with van der Waals surface area (Å²) in [7, 11) is 3.46. The molecule has 14 heavy (non-hydrogen) atoms. The van der Waals surface area contributed by atoms with E-state index < -0.39 is 0 Å². The number of ether oxygens (including phenoxy) is 2. The molecule has 1 aliphatic carbocycles. The van der Waals surface area contributed by atoms with Gasteiger partial charge in [0.2, 0.25) is 0 Å². The molecular formula is C11H22O3. The van der Waals surface area contributed by atoms with Crippen LogP contribution < -0.4 is 0 Å². The molecule has 0 spiro atoms. The van der Waals surface area contributed by atoms with Gasteiger partial charge in [-0.15, -0.1) is 0 Å². The Morgan fingerprint density at radius 1 is 1.21 bits per heavy atom. The highest BCUT2D eigenvalue weighted by Crippen LogP contribution is 2.45. The van der Waals surface area contributed by atoms with Crippen molar-refractivity contribution in [3.05, 3.63) is 0 Å². The van der Waals surface area contributed by atoms with E-state index in [-0.39, 0.29) is 12.0 Å². The highest BCUT2D eigenvalue weighted by molar-refractivity contribution is 4.92. The molecule has 0 radical (unpaired) electrons. The molecule has 0 aromatic rings. The van der Waals surface area contributed by atoms with E-state index in [1.165, 1.54) is 0 Å². The number of hydrogen-bond acceptors (Lipinski definition) is 3. The third-order valence-corrected chi connectivity index (χ3v) is 3.39. The summed E-state index contributed by atoms with van der Waals surface area (Å²) in [6.07, 6.45) is 2.12. The minimum atomic E-state index is 0.135. The quantitative estimate of drug-likeness (QED) is 0.730. The van der Waals surface area contributed by atoms with Gasteiger partial charge in [0.15, 0.2) is 0 Å². The first kappa shape index (κ1) is 12.0. The van der Waals surface area contributed by atoms with Gasteiger partial charge in [-0.1, -0.05) is 6.92 Å². The van der Waals surface area contributed by atoms with Gasteiger partial charge in [0, 0.05) is 26.2 Å². The van der Waals surface area contributed by atoms with Crippen LogP contribution in [-0.4, -0.2) is 39.1 Å². The third-order valence-electron chi connectivity index (χ3n) is 3.39. The van der Waals surface area contributed by atoms with E-state index in [0.717, 1.165) is 26.1 Å². The van der Waals surface area contributed by atoms with Gasteiger partial charge in [0.25, 0.3) is 0 Å². The number of aliphatic hydroxyl groups excluding tert-OH is 1. The van der Waals surface area contributed by atoms with Crippen molar-refractivity contribution in [3.63, 3.8) is 0 Å². The Morgan fingerprint density at radius 3 is 2.14 bits per heavy atom. The summed E-state index contributed by atoms with van der Waals surface area (Å²) in [5, 5.41) is 9.22. The molecule has 1 fully saturated rings. The fourth-order valence-corrected chi connectivity index (χ4v) is 2.82. The minimum absolute atomic E-state index is 0.135. The first-order valence-electron chi connectivity index (χ1n) is 5.26. The number of hydrogen-bond donors (Lipinski definition) is 1. The van der Waals surface area contributed by atoms with Gasteiger partial charge in [0.05, 0.1) is 13.2 Å². The maximum absolute atomic E-state index is 9.22. The molecule has 3 heteroatoms. The molecule has 1 saturated carbocycles. The third kappa shape index (κ3) is 2.47. The average molecular weight is 202 g/mol. The van der Waals surface area contributed by atoms with Crippen molar-refractivity contribution in [2.45, 2.75) is 19.8 Å². The van der Waals surface area contributed by atoms with E-state index in [4.69, 9.17) is 9.47 Å². The van der Waals surface area contributed by atoms with Crippen LogP contribution in [0.2, 0.25) is 0 Å². The Balaban J connectivity index is 2.61. The lowest BCUT2D eigenvalue weighted by Gasteiger charge is -2.27. The summed E-state index contributed by atoms with van der Waals surface area (Å²) in [5.74, 6) is 0.991. The first-order chi connectivity index (χ1) is 6.67. The molecule has 0 unspecified atom stereocenters. The van der Waals surface area contributed by atoms with Crippen LogP contribution in [0.4, 0.5) is 0 Å². The van der Waals surface area contributed by atoms with Crippen molar-refractivity contribution in [2.75, 3.05) is 34.0 Å². The van der Waals surface area contributed by atoms with E-state index in [0.29, 0.717) is 11.8 Å². The summed E-state index contributed by atoms with van der Waals surface area (Å²) >= 11 is 0. The average Bonchev–Trinajstić information content (AvgIpc) is 2.44. The molecule has 1 aliphatic rings. The Hall–Kier alpha value is -0.120. The highest BCUT2D eigenvalue weighted by Gasteiger charge is 2.43. The maximum Gasteiger partial charge on any atom is 0.0540 e. The molecule has 1 N–H and O–H groups in total. The Bertz CT molecular complexity index is 164. The van der Waals surface area contributed by atoms with E-state index in [1.54, 1.807) is 14.2 Å². The second kappa shape index (κ2) is 5.10. The van der Waals surface area contributed by atoms with Crippen LogP contribution in [0.3, 0.4) is 0 Å². The lowest BCUT2D eigenvalue weighted by atomic mass is 9.87. The maximum atomic E-state index is 9.22. The summed E-state index contributed by atoms with van der Waals surface area (Å²) < 4.78 is 10.5. The molecular weight excluding hydrogens is 180 g/mol. The van der Waals surface area contributed by atoms with Gasteiger partial charge in [-0.25, -0.2) is 0 Å². The lowest BCUT2D eigenvalue weighted by molar-refractivity contribution is 0.00941. The van der Waals surface area contributed by atoms with Gasteiger partial charge in [-0.3, -0.25) is 0 Å². The van der Waals surface area contributed by atoms with Crippen LogP contribution in [0.15, 0.2) is 0 Å². The minimum Gasteiger partial charge on any atom is -0.396 e. The van der Waals surface area contributed by atoms with Crippen LogP contribution in [0.1, 0.15) is 19.8 Å². The summed E-state index contributed by atoms with van der Waals surface area (Å²) in [4.78, 5) is 0. The van der Waals surface area contributed by atoms with Gasteiger partial charge in [0.1, 0.15) is 0 Å². The van der Waals surface area contributed by atoms with Gasteiger partial charge in [-0.05, 0) is 24.7 Å². The van der Waals surface area contributed by atoms with Crippen LogP contribution in [0.5, 0.6) is 0 Å². The Morgan fingerprint density at radius 2 is 1.79 bits per heavy atom. The molecule has 0 aliphatic heterocycles. The highest BCUT2D eigenvalue weighted by atomic mass is 16.5. The summed E-state index contributed by atoms with van der Waals surface area (Å²) in [5.41, 5.74) is 0.135. The molecule has 84 valence electrons. The molecule has 1 rings (SSSR count). The van der Waals surface area contributed by atoms with Crippen LogP contribution in [0.25, 0.3) is 0 Å². The smallest absolute Gasteiger partial charge is 0.0540 e. The fourth-order valence-electron chi connectivity index (χ4n) is 2.82. The number of rotatable bonds is 5. The Labute approximate surface area is 86.4 Å². The predicted molar refractivity (Wildman–Crippen MR) is 55.2 cm³/mol. The topological polar surface area (TPSA) is 38.7 Å². The summed E-state index contributed by atoms with van der Waals surface area (Å²) in [6, 6.07) is 0. The zero-order valence-corrected chi connectivity index (χ0v) is 9.45. The van der Waals surface area contributed by atoms with E-state index >= 15 is 0 Å². The monoisotopic (exact) mass is 202 g/mol. The Kier molecular flexibility index (Phi) is 4.35. The number of aliphatic hydroxyl groups is 1. The number of methoxy groups -OCH3 is 2. The van der Waals surface area contributed by atoms with E-state index in [9.17, 15) is 5.11 Å². The molecule has 3 nitrogen and oxygen atoms in total. The van der Waals surface area contributed by atoms with Crippen LogP contribution in [0, 0.1) is 17.3 Å². The second-order valence-electron chi connectivity index (χ2n) is 4.69. The van der Waals surface area contributed by atoms with E-state index in [1.807, 2.05) is 0 Å². The van der Waals surface area contributed by atoms with Crippen LogP contribution in [-0.2, 0) is 9.47 Å². The van der Waals surface area contributed by atoms with Gasteiger partial charge in [-0.2, -0.15) is 0 Å². The second-order valence-corrected chi connectivity index (χ2v) is 4.69. The molecule has 0 heterocycles. The largest absolute Gasteiger partial charge is 0.396 e. The van der Waals surface area contributed by atoms with E-state index in [2.05, 4.69) is 6.92 Å². The first-order valence-corrected chi connectivity index (χ1v) is 5.26. The van der Waals surface area contributed by atoms with Crippen molar-refractivity contribution < 1.29 is 14.6 Å². The van der Waals surface area contributed by atoms with Crippen molar-refractivity contribution >= 4 is 0 Å². The molecule has 0 amide bonds. The standard InChI is InChI=1S/C11H22O3/c1-9-4-11(7-13-2,8-14-3)5-10(9)6-12/h9-10,12H,4-8H2,1-3H3/t9-,10+/m1/s1. The van der Waals surface area contributed by atoms with Crippen molar-refractivity contribution in [2.24, 2.45) is 17.3 Å². The predicted octanol–water partition coefficient (Wildman–Crippen LogP) is 1.30. The molecule has 0 aromatic heterocycles. The summed E-state index contributed by atoms with van der Waals surface area (Å²) in [6.45, 7) is 3.97. The van der Waals surface area contributed by atoms with Crippen molar-refractivity contribution in [3.8, 4) is 0 Å². The SMILES string of the molecule is COCC1(COC)C[C@@H](CO)[C@H](C)C1. The van der Waals surface area contributed by atoms with Gasteiger partial charge < -0.3 is 14.6 Å². The van der Waals surface area contributed by atoms with Crippen LogP contribution >= 0.6 is 0 Å².